The summed E-state index contributed by atoms with van der Waals surface area (Å²) < 4.78 is 32.0. The number of benzene rings is 1. The lowest BCUT2D eigenvalue weighted by molar-refractivity contribution is -0.117. The molecule has 6 rings (SSSR count). The highest BCUT2D eigenvalue weighted by molar-refractivity contribution is 6.35. The molecule has 0 saturated heterocycles. The minimum absolute atomic E-state index is 0.0212. The number of anilines is 1. The summed E-state index contributed by atoms with van der Waals surface area (Å²) >= 11 is 6.57. The lowest BCUT2D eigenvalue weighted by Crippen LogP contribution is -2.15. The van der Waals surface area contributed by atoms with Crippen molar-refractivity contribution in [2.24, 2.45) is 5.92 Å². The van der Waals surface area contributed by atoms with Gasteiger partial charge in [0, 0.05) is 35.1 Å². The molecule has 2 atom stereocenters. The van der Waals surface area contributed by atoms with E-state index in [2.05, 4.69) is 20.6 Å². The van der Waals surface area contributed by atoms with Crippen molar-refractivity contribution in [3.05, 3.63) is 65.5 Å². The van der Waals surface area contributed by atoms with Crippen LogP contribution >= 0.6 is 11.6 Å². The minimum Gasteiger partial charge on any atom is -0.317 e. The van der Waals surface area contributed by atoms with Crippen molar-refractivity contribution in [3.63, 3.8) is 0 Å². The summed E-state index contributed by atoms with van der Waals surface area (Å²) in [7, 11) is 0. The van der Waals surface area contributed by atoms with Gasteiger partial charge in [-0.25, -0.2) is 13.3 Å². The second-order valence-electron chi connectivity index (χ2n) is 8.19. The minimum atomic E-state index is -1.08. The first-order valence-corrected chi connectivity index (χ1v) is 10.7. The third kappa shape index (κ3) is 3.11. The van der Waals surface area contributed by atoms with E-state index in [0.29, 0.717) is 39.1 Å². The van der Waals surface area contributed by atoms with Crippen LogP contribution in [0.4, 0.5) is 14.6 Å². The van der Waals surface area contributed by atoms with Crippen molar-refractivity contribution < 1.29 is 13.6 Å². The molecule has 7 nitrogen and oxygen atoms in total. The average Bonchev–Trinajstić information content (AvgIpc) is 3.16. The molecule has 2 unspecified atom stereocenters. The maximum Gasteiger partial charge on any atom is 0.231 e. The zero-order chi connectivity index (χ0) is 22.9. The predicted molar refractivity (Wildman–Crippen MR) is 121 cm³/mol. The van der Waals surface area contributed by atoms with Crippen molar-refractivity contribution >= 4 is 39.7 Å². The Hall–Kier alpha value is -3.72. The topological polar surface area (TPSA) is 80.0 Å². The molecule has 1 saturated carbocycles. The van der Waals surface area contributed by atoms with Gasteiger partial charge in [0.15, 0.2) is 11.6 Å². The molecule has 4 heterocycles. The molecule has 1 amide bonds. The van der Waals surface area contributed by atoms with E-state index in [9.17, 15) is 9.18 Å². The molecule has 5 aromatic rings. The number of rotatable bonds is 4. The number of nitrogens with zero attached hydrogens (tertiary/aromatic N) is 4. The number of carbonyl (C=O) groups is 1. The van der Waals surface area contributed by atoms with E-state index < -0.39 is 17.9 Å². The van der Waals surface area contributed by atoms with Crippen LogP contribution in [0.1, 0.15) is 12.1 Å². The molecule has 0 bridgehead atoms. The largest absolute Gasteiger partial charge is 0.317 e. The smallest absolute Gasteiger partial charge is 0.231 e. The number of hydrogen-bond donors (Lipinski definition) is 2. The summed E-state index contributed by atoms with van der Waals surface area (Å²) in [6, 6.07) is 8.94. The number of pyridine rings is 1. The molecule has 33 heavy (non-hydrogen) atoms. The molecule has 4 aromatic heterocycles. The molecule has 1 aromatic carbocycles. The van der Waals surface area contributed by atoms with E-state index in [4.69, 9.17) is 11.6 Å². The molecular weight excluding hydrogens is 450 g/mol. The SMILES string of the molecule is Cc1cccn1-c1c(F)c(Cl)c(-c2ccn3nc(NC(=O)C4CC4F)cc3c2)c2cn[nH]c12. The number of fused-ring (bicyclic) bond motifs is 2. The Bertz CT molecular complexity index is 1570. The lowest BCUT2D eigenvalue weighted by Gasteiger charge is -2.14. The van der Waals surface area contributed by atoms with Crippen LogP contribution in [-0.2, 0) is 4.79 Å². The van der Waals surface area contributed by atoms with Gasteiger partial charge >= 0.3 is 0 Å². The Morgan fingerprint density at radius 3 is 2.85 bits per heavy atom. The van der Waals surface area contributed by atoms with E-state index in [1.807, 2.05) is 19.1 Å². The van der Waals surface area contributed by atoms with E-state index in [1.54, 1.807) is 45.9 Å². The Kier molecular flexibility index (Phi) is 4.31. The third-order valence-electron chi connectivity index (χ3n) is 6.01. The second kappa shape index (κ2) is 7.14. The number of carbonyl (C=O) groups excluding carboxylic acids is 1. The normalized spacial score (nSPS) is 17.7. The highest BCUT2D eigenvalue weighted by Crippen LogP contribution is 2.41. The Balaban J connectivity index is 1.46. The fourth-order valence-electron chi connectivity index (χ4n) is 4.19. The summed E-state index contributed by atoms with van der Waals surface area (Å²) in [5, 5.41) is 14.6. The maximum atomic E-state index is 15.6. The van der Waals surface area contributed by atoms with E-state index >= 15 is 4.39 Å². The monoisotopic (exact) mass is 466 g/mol. The van der Waals surface area contributed by atoms with Crippen LogP contribution in [0, 0.1) is 18.7 Å². The number of H-pyrrole nitrogens is 1. The lowest BCUT2D eigenvalue weighted by atomic mass is 10.0. The number of amides is 1. The number of nitrogens with one attached hydrogen (secondary N) is 2. The first-order chi connectivity index (χ1) is 15.9. The van der Waals surface area contributed by atoms with Crippen LogP contribution in [0.2, 0.25) is 5.02 Å². The fraction of sp³-hybridized carbons (Fsp3) is 0.174. The molecule has 1 fully saturated rings. The van der Waals surface area contributed by atoms with Crippen molar-refractivity contribution in [2.75, 3.05) is 5.32 Å². The van der Waals surface area contributed by atoms with Crippen molar-refractivity contribution in [1.82, 2.24) is 24.4 Å². The van der Waals surface area contributed by atoms with Gasteiger partial charge in [0.2, 0.25) is 5.91 Å². The summed E-state index contributed by atoms with van der Waals surface area (Å²) in [4.78, 5) is 12.0. The van der Waals surface area contributed by atoms with Crippen LogP contribution in [0.3, 0.4) is 0 Å². The zero-order valence-electron chi connectivity index (χ0n) is 17.3. The number of alkyl halides is 1. The molecule has 1 aliphatic carbocycles. The molecule has 0 spiro atoms. The van der Waals surface area contributed by atoms with Crippen LogP contribution in [-0.4, -0.2) is 36.5 Å². The van der Waals surface area contributed by atoms with Crippen molar-refractivity contribution in [1.29, 1.82) is 0 Å². The second-order valence-corrected chi connectivity index (χ2v) is 8.57. The van der Waals surface area contributed by atoms with E-state index in [-0.39, 0.29) is 17.4 Å². The summed E-state index contributed by atoms with van der Waals surface area (Å²) in [5.41, 5.74) is 3.51. The number of aryl methyl sites for hydroxylation is 1. The van der Waals surface area contributed by atoms with Gasteiger partial charge in [-0.3, -0.25) is 9.89 Å². The number of aromatic nitrogens is 5. The molecule has 10 heteroatoms. The van der Waals surface area contributed by atoms with Gasteiger partial charge in [-0.15, -0.1) is 0 Å². The van der Waals surface area contributed by atoms with E-state index in [1.165, 1.54) is 0 Å². The molecule has 1 aliphatic rings. The Morgan fingerprint density at radius 1 is 1.30 bits per heavy atom. The van der Waals surface area contributed by atoms with Crippen LogP contribution in [0.5, 0.6) is 0 Å². The molecule has 166 valence electrons. The predicted octanol–water partition coefficient (Wildman–Crippen LogP) is 5.07. The molecular formula is C23H17ClF2N6O. The summed E-state index contributed by atoms with van der Waals surface area (Å²) in [6.45, 7) is 1.88. The summed E-state index contributed by atoms with van der Waals surface area (Å²) in [6.07, 6.45) is 4.24. The van der Waals surface area contributed by atoms with Gasteiger partial charge in [0.1, 0.15) is 11.9 Å². The fourth-order valence-corrected chi connectivity index (χ4v) is 4.49. The number of hydrogen-bond acceptors (Lipinski definition) is 3. The van der Waals surface area contributed by atoms with Gasteiger partial charge in [-0.2, -0.15) is 10.2 Å². The molecule has 2 N–H and O–H groups in total. The van der Waals surface area contributed by atoms with Gasteiger partial charge in [0.25, 0.3) is 0 Å². The number of halogens is 3. The molecule has 0 aliphatic heterocycles. The maximum absolute atomic E-state index is 15.6. The van der Waals surface area contributed by atoms with Gasteiger partial charge < -0.3 is 9.88 Å². The first-order valence-electron chi connectivity index (χ1n) is 10.4. The van der Waals surface area contributed by atoms with Gasteiger partial charge in [0.05, 0.1) is 28.2 Å². The van der Waals surface area contributed by atoms with Crippen LogP contribution < -0.4 is 5.32 Å². The summed E-state index contributed by atoms with van der Waals surface area (Å²) in [5.74, 6) is -1.23. The van der Waals surface area contributed by atoms with E-state index in [0.717, 1.165) is 5.69 Å². The van der Waals surface area contributed by atoms with Crippen molar-refractivity contribution in [3.8, 4) is 16.8 Å². The Labute approximate surface area is 191 Å². The number of aromatic amines is 1. The first kappa shape index (κ1) is 19.9. The standard InChI is InChI=1S/C23H17ClF2N6O/c1-11-3-2-5-31(11)22-20(26)19(24)18(15-10-27-29-21(15)22)12-4-6-32-13(7-12)8-17(30-32)28-23(33)14-9-16(14)25/h2-8,10,14,16H,9H2,1H3,(H,27,29)(H,28,30,33). The van der Waals surface area contributed by atoms with Crippen LogP contribution in [0.25, 0.3) is 33.2 Å². The van der Waals surface area contributed by atoms with Crippen LogP contribution in [0.15, 0.2) is 48.9 Å². The highest BCUT2D eigenvalue weighted by atomic mass is 35.5. The quantitative estimate of drug-likeness (QED) is 0.388. The third-order valence-corrected chi connectivity index (χ3v) is 6.37. The zero-order valence-corrected chi connectivity index (χ0v) is 18.1. The highest BCUT2D eigenvalue weighted by Gasteiger charge is 2.43. The Morgan fingerprint density at radius 2 is 2.12 bits per heavy atom. The van der Waals surface area contributed by atoms with Gasteiger partial charge in [-0.05, 0) is 43.2 Å². The average molecular weight is 467 g/mol. The van der Waals surface area contributed by atoms with Crippen molar-refractivity contribution in [2.45, 2.75) is 19.5 Å². The molecule has 0 radical (unpaired) electrons. The van der Waals surface area contributed by atoms with Gasteiger partial charge in [-0.1, -0.05) is 11.6 Å².